The van der Waals surface area contributed by atoms with Gasteiger partial charge in [-0.05, 0) is 37.6 Å². The molecule has 6 nitrogen and oxygen atoms in total. The van der Waals surface area contributed by atoms with Gasteiger partial charge < -0.3 is 20.6 Å². The van der Waals surface area contributed by atoms with E-state index in [0.717, 1.165) is 11.1 Å². The predicted molar refractivity (Wildman–Crippen MR) is 90.3 cm³/mol. The van der Waals surface area contributed by atoms with E-state index in [9.17, 15) is 15.0 Å². The van der Waals surface area contributed by atoms with Gasteiger partial charge in [0.1, 0.15) is 0 Å². The largest absolute Gasteiger partial charge is 0.394 e. The van der Waals surface area contributed by atoms with Gasteiger partial charge >= 0.3 is 0 Å². The molecule has 6 heteroatoms. The van der Waals surface area contributed by atoms with Crippen LogP contribution in [0.1, 0.15) is 29.8 Å². The molecule has 0 aliphatic heterocycles. The number of aliphatic hydroxyl groups excluding tert-OH is 2. The number of amides is 1. The third-order valence-electron chi connectivity index (χ3n) is 3.63. The fraction of sp³-hybridized carbons (Fsp3) is 0.333. The first-order chi connectivity index (χ1) is 11.3. The van der Waals surface area contributed by atoms with E-state index in [2.05, 4.69) is 10.3 Å². The van der Waals surface area contributed by atoms with Crippen LogP contribution in [-0.2, 0) is 5.60 Å². The van der Waals surface area contributed by atoms with E-state index in [4.69, 9.17) is 5.11 Å². The smallest absolute Gasteiger partial charge is 0.251 e. The number of carbonyl (C=O) groups is 1. The third-order valence-corrected chi connectivity index (χ3v) is 3.63. The highest BCUT2D eigenvalue weighted by Gasteiger charge is 2.17. The average molecular weight is 330 g/mol. The normalized spacial score (nSPS) is 12.7. The van der Waals surface area contributed by atoms with E-state index in [1.165, 1.54) is 0 Å². The first-order valence-corrected chi connectivity index (χ1v) is 7.66. The molecule has 1 aromatic heterocycles. The van der Waals surface area contributed by atoms with Crippen LogP contribution in [0.4, 0.5) is 0 Å². The van der Waals surface area contributed by atoms with Crippen molar-refractivity contribution >= 4 is 5.91 Å². The Kier molecular flexibility index (Phi) is 5.66. The standard InChI is InChI=1S/C18H22N2O4/c1-18(2,24)15-7-14(8-19-9-15)12-3-5-13(6-4-12)17(23)20-10-16(22)11-21/h3-9,16,21-22,24H,10-11H2,1-2H3,(H,20,23)/t16-/m0/s1. The summed E-state index contributed by atoms with van der Waals surface area (Å²) in [5.41, 5.74) is 1.91. The first kappa shape index (κ1) is 18.1. The first-order valence-electron chi connectivity index (χ1n) is 7.66. The van der Waals surface area contributed by atoms with Crippen LogP contribution in [-0.4, -0.2) is 45.5 Å². The lowest BCUT2D eigenvalue weighted by Crippen LogP contribution is -2.33. The lowest BCUT2D eigenvalue weighted by Gasteiger charge is -2.18. The molecule has 0 saturated carbocycles. The summed E-state index contributed by atoms with van der Waals surface area (Å²) in [6, 6.07) is 8.80. The lowest BCUT2D eigenvalue weighted by atomic mass is 9.96. The van der Waals surface area contributed by atoms with Crippen molar-refractivity contribution < 1.29 is 20.1 Å². The molecule has 0 saturated heterocycles. The van der Waals surface area contributed by atoms with Gasteiger partial charge in [-0.2, -0.15) is 0 Å². The van der Waals surface area contributed by atoms with Crippen molar-refractivity contribution in [1.29, 1.82) is 0 Å². The molecule has 2 rings (SSSR count). The fourth-order valence-electron chi connectivity index (χ4n) is 2.12. The zero-order valence-corrected chi connectivity index (χ0v) is 13.7. The van der Waals surface area contributed by atoms with Crippen LogP contribution in [0.25, 0.3) is 11.1 Å². The topological polar surface area (TPSA) is 103 Å². The summed E-state index contributed by atoms with van der Waals surface area (Å²) in [7, 11) is 0. The van der Waals surface area contributed by atoms with Crippen LogP contribution in [0.5, 0.6) is 0 Å². The Morgan fingerprint density at radius 1 is 1.21 bits per heavy atom. The molecule has 0 unspecified atom stereocenters. The molecule has 0 spiro atoms. The maximum atomic E-state index is 11.9. The molecule has 0 aliphatic rings. The van der Waals surface area contributed by atoms with E-state index in [1.54, 1.807) is 50.5 Å². The number of hydrogen-bond acceptors (Lipinski definition) is 5. The Morgan fingerprint density at radius 3 is 2.46 bits per heavy atom. The molecule has 24 heavy (non-hydrogen) atoms. The zero-order valence-electron chi connectivity index (χ0n) is 13.7. The predicted octanol–water partition coefficient (Wildman–Crippen LogP) is 1.06. The average Bonchev–Trinajstić information content (AvgIpc) is 2.59. The van der Waals surface area contributed by atoms with Crippen LogP contribution in [0.3, 0.4) is 0 Å². The lowest BCUT2D eigenvalue weighted by molar-refractivity contribution is 0.0782. The van der Waals surface area contributed by atoms with Gasteiger partial charge in [0.05, 0.1) is 18.3 Å². The van der Waals surface area contributed by atoms with Gasteiger partial charge in [-0.15, -0.1) is 0 Å². The minimum Gasteiger partial charge on any atom is -0.394 e. The SMILES string of the molecule is CC(C)(O)c1cncc(-c2ccc(C(=O)NC[C@H](O)CO)cc2)c1. The number of nitrogens with zero attached hydrogens (tertiary/aromatic N) is 1. The van der Waals surface area contributed by atoms with Crippen LogP contribution < -0.4 is 5.32 Å². The van der Waals surface area contributed by atoms with E-state index < -0.39 is 18.3 Å². The molecule has 2 aromatic rings. The van der Waals surface area contributed by atoms with Crippen molar-refractivity contribution in [1.82, 2.24) is 10.3 Å². The van der Waals surface area contributed by atoms with Crippen LogP contribution >= 0.6 is 0 Å². The summed E-state index contributed by atoms with van der Waals surface area (Å²) in [5, 5.41) is 30.6. The molecule has 1 heterocycles. The maximum absolute atomic E-state index is 11.9. The number of nitrogens with one attached hydrogen (secondary N) is 1. The number of pyridine rings is 1. The Hall–Kier alpha value is -2.28. The summed E-state index contributed by atoms with van der Waals surface area (Å²) in [6.07, 6.45) is 2.35. The monoisotopic (exact) mass is 330 g/mol. The fourth-order valence-corrected chi connectivity index (χ4v) is 2.12. The highest BCUT2D eigenvalue weighted by atomic mass is 16.3. The molecule has 1 amide bonds. The molecule has 4 N–H and O–H groups in total. The zero-order chi connectivity index (χ0) is 17.7. The van der Waals surface area contributed by atoms with Gasteiger partial charge in [-0.25, -0.2) is 0 Å². The van der Waals surface area contributed by atoms with Gasteiger partial charge in [0, 0.05) is 35.6 Å². The van der Waals surface area contributed by atoms with E-state index >= 15 is 0 Å². The number of carbonyl (C=O) groups excluding carboxylic acids is 1. The molecular weight excluding hydrogens is 308 g/mol. The number of aromatic nitrogens is 1. The molecule has 0 fully saturated rings. The molecule has 0 bridgehead atoms. The minimum absolute atomic E-state index is 0.00532. The van der Waals surface area contributed by atoms with Gasteiger partial charge in [0.15, 0.2) is 0 Å². The van der Waals surface area contributed by atoms with Crippen molar-refractivity contribution in [3.8, 4) is 11.1 Å². The van der Waals surface area contributed by atoms with E-state index in [-0.39, 0.29) is 12.5 Å². The summed E-state index contributed by atoms with van der Waals surface area (Å²) in [5.74, 6) is -0.322. The van der Waals surface area contributed by atoms with Crippen LogP contribution in [0, 0.1) is 0 Å². The summed E-state index contributed by atoms with van der Waals surface area (Å²) < 4.78 is 0. The molecule has 0 radical (unpaired) electrons. The second-order valence-electron chi connectivity index (χ2n) is 6.15. The third kappa shape index (κ3) is 4.61. The number of aliphatic hydroxyl groups is 3. The van der Waals surface area contributed by atoms with Gasteiger partial charge in [0.25, 0.3) is 5.91 Å². The quantitative estimate of drug-likeness (QED) is 0.634. The molecule has 0 aliphatic carbocycles. The maximum Gasteiger partial charge on any atom is 0.251 e. The van der Waals surface area contributed by atoms with Gasteiger partial charge in [-0.3, -0.25) is 9.78 Å². The van der Waals surface area contributed by atoms with Crippen molar-refractivity contribution in [2.24, 2.45) is 0 Å². The Bertz CT molecular complexity index is 693. The molecular formula is C18H22N2O4. The second-order valence-corrected chi connectivity index (χ2v) is 6.15. The Labute approximate surface area is 140 Å². The van der Waals surface area contributed by atoms with Crippen molar-refractivity contribution in [2.45, 2.75) is 25.6 Å². The van der Waals surface area contributed by atoms with Crippen molar-refractivity contribution in [3.63, 3.8) is 0 Å². The highest BCUT2D eigenvalue weighted by Crippen LogP contribution is 2.25. The summed E-state index contributed by atoms with van der Waals surface area (Å²) >= 11 is 0. The second kappa shape index (κ2) is 7.53. The van der Waals surface area contributed by atoms with Crippen LogP contribution in [0.15, 0.2) is 42.7 Å². The molecule has 1 atom stereocenters. The highest BCUT2D eigenvalue weighted by molar-refractivity contribution is 5.94. The minimum atomic E-state index is -0.976. The Morgan fingerprint density at radius 2 is 1.88 bits per heavy atom. The van der Waals surface area contributed by atoms with Gasteiger partial charge in [-0.1, -0.05) is 12.1 Å². The van der Waals surface area contributed by atoms with Crippen molar-refractivity contribution in [3.05, 3.63) is 53.9 Å². The number of benzene rings is 1. The Balaban J connectivity index is 2.13. The number of hydrogen-bond donors (Lipinski definition) is 4. The van der Waals surface area contributed by atoms with Crippen molar-refractivity contribution in [2.75, 3.05) is 13.2 Å². The van der Waals surface area contributed by atoms with E-state index in [1.807, 2.05) is 6.07 Å². The molecule has 1 aromatic carbocycles. The van der Waals surface area contributed by atoms with Gasteiger partial charge in [0.2, 0.25) is 0 Å². The summed E-state index contributed by atoms with van der Waals surface area (Å²) in [4.78, 5) is 16.1. The van der Waals surface area contributed by atoms with Crippen LogP contribution in [0.2, 0.25) is 0 Å². The number of rotatable bonds is 6. The van der Waals surface area contributed by atoms with E-state index in [0.29, 0.717) is 11.1 Å². The molecule has 128 valence electrons. The summed E-state index contributed by atoms with van der Waals surface area (Å²) in [6.45, 7) is 2.99.